The number of anilines is 1. The fourth-order valence-electron chi connectivity index (χ4n) is 3.79. The molecule has 0 bridgehead atoms. The molecule has 1 aromatic heterocycles. The average Bonchev–Trinajstić information content (AvgIpc) is 3.42. The second-order valence-electron chi connectivity index (χ2n) is 7.63. The number of aryl methyl sites for hydroxylation is 2. The lowest BCUT2D eigenvalue weighted by atomic mass is 10.1. The van der Waals surface area contributed by atoms with Crippen molar-refractivity contribution in [2.24, 2.45) is 0 Å². The Morgan fingerprint density at radius 3 is 2.60 bits per heavy atom. The van der Waals surface area contributed by atoms with Crippen LogP contribution < -0.4 is 14.4 Å². The second-order valence-corrected chi connectivity index (χ2v) is 8.61. The van der Waals surface area contributed by atoms with Gasteiger partial charge < -0.3 is 19.3 Å². The van der Waals surface area contributed by atoms with Crippen LogP contribution >= 0.6 is 11.3 Å². The number of carbonyl (C=O) groups is 1. The van der Waals surface area contributed by atoms with E-state index in [1.165, 1.54) is 15.8 Å². The number of ether oxygens (including phenoxy) is 2. The molecule has 1 amide bonds. The molecule has 2 aromatic carbocycles. The van der Waals surface area contributed by atoms with Crippen molar-refractivity contribution in [3.05, 3.63) is 53.1 Å². The maximum absolute atomic E-state index is 12.6. The molecular formula is C23H23N3O3S. The van der Waals surface area contributed by atoms with Crippen LogP contribution in [0.15, 0.2) is 36.4 Å². The minimum Gasteiger partial charge on any atom is -0.454 e. The number of piperazine rings is 1. The normalized spacial score (nSPS) is 16.1. The lowest BCUT2D eigenvalue weighted by Crippen LogP contribution is -2.48. The molecule has 2 aliphatic heterocycles. The van der Waals surface area contributed by atoms with Crippen molar-refractivity contribution in [3.8, 4) is 11.5 Å². The van der Waals surface area contributed by atoms with Gasteiger partial charge in [0.05, 0.1) is 10.2 Å². The summed E-state index contributed by atoms with van der Waals surface area (Å²) in [6, 6.07) is 9.97. The fraction of sp³-hybridized carbons (Fsp3) is 0.304. The Morgan fingerprint density at radius 2 is 1.80 bits per heavy atom. The van der Waals surface area contributed by atoms with Crippen LogP contribution in [0.1, 0.15) is 16.7 Å². The number of rotatable bonds is 3. The molecule has 0 unspecified atom stereocenters. The van der Waals surface area contributed by atoms with Crippen molar-refractivity contribution in [2.75, 3.05) is 37.9 Å². The quantitative estimate of drug-likeness (QED) is 0.599. The Bertz CT molecular complexity index is 1110. The van der Waals surface area contributed by atoms with Crippen LogP contribution in [0.4, 0.5) is 5.13 Å². The van der Waals surface area contributed by atoms with Gasteiger partial charge in [0.2, 0.25) is 12.7 Å². The summed E-state index contributed by atoms with van der Waals surface area (Å²) in [6.07, 6.45) is 3.47. The van der Waals surface area contributed by atoms with Crippen LogP contribution in [0.3, 0.4) is 0 Å². The Labute approximate surface area is 179 Å². The van der Waals surface area contributed by atoms with Gasteiger partial charge >= 0.3 is 0 Å². The van der Waals surface area contributed by atoms with Gasteiger partial charge in [0.15, 0.2) is 16.6 Å². The standard InChI is InChI=1S/C23H23N3O3S/c1-15-3-4-16(2)22-21(15)24-23(30-22)26-11-9-25(10-12-26)20(27)8-6-17-5-7-18-19(13-17)29-14-28-18/h3-8,13H,9-12,14H2,1-2H3/b8-6-. The van der Waals surface area contributed by atoms with E-state index in [-0.39, 0.29) is 12.7 Å². The van der Waals surface area contributed by atoms with Crippen molar-refractivity contribution < 1.29 is 14.3 Å². The first-order valence-electron chi connectivity index (χ1n) is 10.1. The third-order valence-electron chi connectivity index (χ3n) is 5.61. The number of hydrogen-bond acceptors (Lipinski definition) is 6. The molecule has 0 radical (unpaired) electrons. The van der Waals surface area contributed by atoms with E-state index in [0.29, 0.717) is 13.1 Å². The van der Waals surface area contributed by atoms with Gasteiger partial charge in [-0.25, -0.2) is 4.98 Å². The van der Waals surface area contributed by atoms with E-state index in [0.717, 1.165) is 40.8 Å². The van der Waals surface area contributed by atoms with Crippen molar-refractivity contribution in [1.29, 1.82) is 0 Å². The lowest BCUT2D eigenvalue weighted by molar-refractivity contribution is -0.126. The maximum atomic E-state index is 12.6. The van der Waals surface area contributed by atoms with E-state index in [1.807, 2.05) is 29.2 Å². The largest absolute Gasteiger partial charge is 0.454 e. The van der Waals surface area contributed by atoms with E-state index in [2.05, 4.69) is 30.9 Å². The first kappa shape index (κ1) is 18.9. The summed E-state index contributed by atoms with van der Waals surface area (Å²) in [6.45, 7) is 7.46. The molecule has 7 heteroatoms. The average molecular weight is 422 g/mol. The zero-order valence-electron chi connectivity index (χ0n) is 17.1. The summed E-state index contributed by atoms with van der Waals surface area (Å²) in [5, 5.41) is 1.05. The predicted octanol–water partition coefficient (Wildman–Crippen LogP) is 4.00. The van der Waals surface area contributed by atoms with Gasteiger partial charge in [-0.3, -0.25) is 4.79 Å². The van der Waals surface area contributed by atoms with Crippen LogP contribution in [0.25, 0.3) is 16.3 Å². The number of carbonyl (C=O) groups excluding carboxylic acids is 1. The minimum atomic E-state index is 0.0308. The van der Waals surface area contributed by atoms with Gasteiger partial charge in [0, 0.05) is 32.3 Å². The molecule has 0 atom stereocenters. The molecule has 5 rings (SSSR count). The number of thiazole rings is 1. The summed E-state index contributed by atoms with van der Waals surface area (Å²) in [7, 11) is 0. The molecule has 0 saturated carbocycles. The summed E-state index contributed by atoms with van der Waals surface area (Å²) in [5.41, 5.74) is 4.49. The van der Waals surface area contributed by atoms with Crippen LogP contribution in [-0.4, -0.2) is 48.8 Å². The smallest absolute Gasteiger partial charge is 0.246 e. The van der Waals surface area contributed by atoms with E-state index < -0.39 is 0 Å². The summed E-state index contributed by atoms with van der Waals surface area (Å²) < 4.78 is 12.0. The molecule has 1 saturated heterocycles. The van der Waals surface area contributed by atoms with Gasteiger partial charge in [-0.1, -0.05) is 29.5 Å². The highest BCUT2D eigenvalue weighted by atomic mass is 32.1. The van der Waals surface area contributed by atoms with Gasteiger partial charge in [-0.15, -0.1) is 0 Å². The Kier molecular flexibility index (Phi) is 4.83. The maximum Gasteiger partial charge on any atom is 0.246 e. The Morgan fingerprint density at radius 1 is 1.03 bits per heavy atom. The monoisotopic (exact) mass is 421 g/mol. The van der Waals surface area contributed by atoms with Crippen LogP contribution in [0.2, 0.25) is 0 Å². The fourth-order valence-corrected chi connectivity index (χ4v) is 4.95. The molecule has 0 N–H and O–H groups in total. The number of amides is 1. The molecule has 2 aliphatic rings. The van der Waals surface area contributed by atoms with Gasteiger partial charge in [-0.2, -0.15) is 0 Å². The molecule has 30 heavy (non-hydrogen) atoms. The number of aromatic nitrogens is 1. The highest BCUT2D eigenvalue weighted by molar-refractivity contribution is 7.22. The number of benzene rings is 2. The number of nitrogens with zero attached hydrogens (tertiary/aromatic N) is 3. The summed E-state index contributed by atoms with van der Waals surface area (Å²) in [4.78, 5) is 21.7. The number of hydrogen-bond donors (Lipinski definition) is 0. The first-order chi connectivity index (χ1) is 14.6. The van der Waals surface area contributed by atoms with E-state index in [4.69, 9.17) is 14.5 Å². The Hall–Kier alpha value is -3.06. The molecule has 6 nitrogen and oxygen atoms in total. The molecule has 0 aliphatic carbocycles. The SMILES string of the molecule is Cc1ccc(C)c2sc(N3CCN(C(=O)/C=C\c4ccc5c(c4)OCO5)CC3)nc12. The molecule has 154 valence electrons. The van der Waals surface area contributed by atoms with E-state index in [1.54, 1.807) is 17.4 Å². The van der Waals surface area contributed by atoms with Crippen LogP contribution in [0, 0.1) is 13.8 Å². The number of fused-ring (bicyclic) bond motifs is 2. The summed E-state index contributed by atoms with van der Waals surface area (Å²) >= 11 is 1.75. The molecule has 1 fully saturated rings. The van der Waals surface area contributed by atoms with Crippen molar-refractivity contribution in [2.45, 2.75) is 13.8 Å². The lowest BCUT2D eigenvalue weighted by Gasteiger charge is -2.34. The second kappa shape index (κ2) is 7.65. The topological polar surface area (TPSA) is 54.9 Å². The van der Waals surface area contributed by atoms with Crippen LogP contribution in [-0.2, 0) is 4.79 Å². The predicted molar refractivity (Wildman–Crippen MR) is 119 cm³/mol. The molecular weight excluding hydrogens is 398 g/mol. The highest BCUT2D eigenvalue weighted by Crippen LogP contribution is 2.34. The minimum absolute atomic E-state index is 0.0308. The Balaban J connectivity index is 1.23. The van der Waals surface area contributed by atoms with Gasteiger partial charge in [0.1, 0.15) is 0 Å². The molecule has 3 aromatic rings. The zero-order chi connectivity index (χ0) is 20.7. The van der Waals surface area contributed by atoms with Crippen molar-refractivity contribution in [1.82, 2.24) is 9.88 Å². The third kappa shape index (κ3) is 3.50. The summed E-state index contributed by atoms with van der Waals surface area (Å²) in [5.74, 6) is 1.50. The van der Waals surface area contributed by atoms with Crippen molar-refractivity contribution in [3.63, 3.8) is 0 Å². The van der Waals surface area contributed by atoms with Gasteiger partial charge in [0.25, 0.3) is 0 Å². The first-order valence-corrected chi connectivity index (χ1v) is 10.9. The van der Waals surface area contributed by atoms with E-state index >= 15 is 0 Å². The van der Waals surface area contributed by atoms with Gasteiger partial charge in [-0.05, 0) is 48.7 Å². The highest BCUT2D eigenvalue weighted by Gasteiger charge is 2.22. The molecule has 0 spiro atoms. The third-order valence-corrected chi connectivity index (χ3v) is 6.86. The van der Waals surface area contributed by atoms with Crippen LogP contribution in [0.5, 0.6) is 11.5 Å². The molecule has 3 heterocycles. The van der Waals surface area contributed by atoms with Crippen molar-refractivity contribution >= 4 is 38.7 Å². The van der Waals surface area contributed by atoms with E-state index in [9.17, 15) is 4.79 Å². The zero-order valence-corrected chi connectivity index (χ0v) is 17.9.